The van der Waals surface area contributed by atoms with Gasteiger partial charge in [0.1, 0.15) is 11.5 Å². The summed E-state index contributed by atoms with van der Waals surface area (Å²) in [5.74, 6) is 1.56. The fourth-order valence-corrected chi connectivity index (χ4v) is 5.47. The number of carbonyl (C=O) groups is 1. The Morgan fingerprint density at radius 1 is 0.935 bits per heavy atom. The lowest BCUT2D eigenvalue weighted by Gasteiger charge is -2.29. The van der Waals surface area contributed by atoms with Gasteiger partial charge in [0.05, 0.1) is 13.2 Å². The van der Waals surface area contributed by atoms with Gasteiger partial charge in [-0.15, -0.1) is 6.58 Å². The van der Waals surface area contributed by atoms with Crippen molar-refractivity contribution in [1.82, 2.24) is 10.9 Å². The average molecular weight is 620 g/mol. The van der Waals surface area contributed by atoms with Crippen LogP contribution in [-0.4, -0.2) is 48.8 Å². The van der Waals surface area contributed by atoms with Crippen molar-refractivity contribution in [3.63, 3.8) is 0 Å². The fraction of sp³-hybridized carbons (Fsp3) is 0.263. The van der Waals surface area contributed by atoms with Crippen LogP contribution in [0.1, 0.15) is 42.6 Å². The second-order valence-corrected chi connectivity index (χ2v) is 10.9. The van der Waals surface area contributed by atoms with Crippen LogP contribution in [0.3, 0.4) is 0 Å². The van der Waals surface area contributed by atoms with E-state index in [0.717, 1.165) is 33.6 Å². The Kier molecular flexibility index (Phi) is 11.2. The molecular formula is C38H41N3O5. The molecule has 0 saturated heterocycles. The minimum absolute atomic E-state index is 0.0688. The van der Waals surface area contributed by atoms with Crippen molar-refractivity contribution in [1.29, 1.82) is 0 Å². The average Bonchev–Trinajstić information content (AvgIpc) is 3.49. The number of hydrogen-bond donors (Lipinski definition) is 3. The molecule has 4 aromatic carbocycles. The molecule has 8 heteroatoms. The molecule has 5 rings (SSSR count). The molecule has 0 radical (unpaired) electrons. The van der Waals surface area contributed by atoms with Gasteiger partial charge in [0, 0.05) is 31.6 Å². The topological polar surface area (TPSA) is 101 Å². The summed E-state index contributed by atoms with van der Waals surface area (Å²) in [5, 5.41) is 9.05. The molecule has 0 saturated carbocycles. The molecule has 0 spiro atoms. The lowest BCUT2D eigenvalue weighted by Crippen LogP contribution is -2.52. The number of aliphatic hydroxyl groups excluding tert-OH is 1. The monoisotopic (exact) mass is 619 g/mol. The number of carbonyl (C=O) groups excluding carboxylic acids is 1. The maximum Gasteiger partial charge on any atom is 0.266 e. The molecular weight excluding hydrogens is 578 g/mol. The van der Waals surface area contributed by atoms with Gasteiger partial charge in [-0.25, -0.2) is 10.4 Å². The number of aliphatic hydroxyl groups is 1. The van der Waals surface area contributed by atoms with Crippen LogP contribution in [0, 0.1) is 0 Å². The van der Waals surface area contributed by atoms with Crippen LogP contribution in [0.5, 0.6) is 11.5 Å². The predicted molar refractivity (Wildman–Crippen MR) is 181 cm³/mol. The summed E-state index contributed by atoms with van der Waals surface area (Å²) in [6.07, 6.45) is 2.47. The molecule has 2 atom stereocenters. The molecule has 0 fully saturated rings. The molecule has 1 heterocycles. The summed E-state index contributed by atoms with van der Waals surface area (Å²) in [6, 6.07) is 33.5. The maximum absolute atomic E-state index is 14.1. The zero-order valence-electron chi connectivity index (χ0n) is 26.2. The van der Waals surface area contributed by atoms with Crippen molar-refractivity contribution >= 4 is 11.8 Å². The SMILES string of the molecule is C=CC[C@]1(C(=O)NNCCc2ccccc2OCC)N=C(c2ccc(OCCCO)cc2)O[C@H]1c1ccc(-c2ccccc2)cc1. The largest absolute Gasteiger partial charge is 0.494 e. The van der Waals surface area contributed by atoms with Gasteiger partial charge < -0.3 is 19.3 Å². The molecule has 238 valence electrons. The molecule has 1 aliphatic rings. The van der Waals surface area contributed by atoms with E-state index in [2.05, 4.69) is 29.6 Å². The third-order valence-electron chi connectivity index (χ3n) is 7.80. The molecule has 4 aromatic rings. The summed E-state index contributed by atoms with van der Waals surface area (Å²) in [7, 11) is 0. The minimum atomic E-state index is -1.31. The number of ether oxygens (including phenoxy) is 3. The first-order valence-corrected chi connectivity index (χ1v) is 15.7. The normalized spacial score (nSPS) is 17.1. The van der Waals surface area contributed by atoms with E-state index in [9.17, 15) is 4.79 Å². The van der Waals surface area contributed by atoms with Crippen LogP contribution in [0.4, 0.5) is 0 Å². The van der Waals surface area contributed by atoms with E-state index >= 15 is 0 Å². The zero-order valence-corrected chi connectivity index (χ0v) is 26.2. The van der Waals surface area contributed by atoms with Crippen LogP contribution >= 0.6 is 0 Å². The number of hydrazine groups is 1. The first-order valence-electron chi connectivity index (χ1n) is 15.7. The van der Waals surface area contributed by atoms with Crippen LogP contribution in [-0.2, 0) is 16.0 Å². The molecule has 46 heavy (non-hydrogen) atoms. The van der Waals surface area contributed by atoms with Gasteiger partial charge in [0.15, 0.2) is 11.6 Å². The number of amides is 1. The molecule has 0 bridgehead atoms. The lowest BCUT2D eigenvalue weighted by molar-refractivity contribution is -0.129. The number of nitrogens with zero attached hydrogens (tertiary/aromatic N) is 1. The molecule has 0 aliphatic carbocycles. The van der Waals surface area contributed by atoms with Gasteiger partial charge in [0.2, 0.25) is 5.90 Å². The van der Waals surface area contributed by atoms with E-state index < -0.39 is 11.6 Å². The Morgan fingerprint density at radius 2 is 1.63 bits per heavy atom. The highest BCUT2D eigenvalue weighted by atomic mass is 16.5. The van der Waals surface area contributed by atoms with Crippen molar-refractivity contribution in [2.24, 2.45) is 4.99 Å². The summed E-state index contributed by atoms with van der Waals surface area (Å²) in [5.41, 5.74) is 9.47. The van der Waals surface area contributed by atoms with E-state index in [-0.39, 0.29) is 18.9 Å². The summed E-state index contributed by atoms with van der Waals surface area (Å²) >= 11 is 0. The second-order valence-electron chi connectivity index (χ2n) is 10.9. The molecule has 1 aliphatic heterocycles. The van der Waals surface area contributed by atoms with E-state index in [4.69, 9.17) is 24.3 Å². The molecule has 8 nitrogen and oxygen atoms in total. The molecule has 0 unspecified atom stereocenters. The first-order chi connectivity index (χ1) is 22.6. The number of hydrogen-bond acceptors (Lipinski definition) is 7. The molecule has 1 amide bonds. The number of para-hydroxylation sites is 1. The quantitative estimate of drug-likeness (QED) is 0.0784. The van der Waals surface area contributed by atoms with Crippen LogP contribution in [0.25, 0.3) is 11.1 Å². The Hall–Kier alpha value is -4.92. The highest BCUT2D eigenvalue weighted by Crippen LogP contribution is 2.43. The van der Waals surface area contributed by atoms with Crippen LogP contribution in [0.2, 0.25) is 0 Å². The highest BCUT2D eigenvalue weighted by Gasteiger charge is 2.52. The van der Waals surface area contributed by atoms with Crippen LogP contribution < -0.4 is 20.3 Å². The van der Waals surface area contributed by atoms with E-state index in [0.29, 0.717) is 44.2 Å². The lowest BCUT2D eigenvalue weighted by atomic mass is 9.84. The Bertz CT molecular complexity index is 1610. The third-order valence-corrected chi connectivity index (χ3v) is 7.80. The van der Waals surface area contributed by atoms with Gasteiger partial charge in [-0.2, -0.15) is 0 Å². The van der Waals surface area contributed by atoms with E-state index in [1.54, 1.807) is 6.08 Å². The summed E-state index contributed by atoms with van der Waals surface area (Å²) in [4.78, 5) is 19.1. The van der Waals surface area contributed by atoms with Crippen molar-refractivity contribution in [3.8, 4) is 22.6 Å². The van der Waals surface area contributed by atoms with Gasteiger partial charge in [-0.1, -0.05) is 78.9 Å². The number of nitrogens with one attached hydrogen (secondary N) is 2. The number of rotatable bonds is 16. The molecule has 3 N–H and O–H groups in total. The predicted octanol–water partition coefficient (Wildman–Crippen LogP) is 6.21. The van der Waals surface area contributed by atoms with Crippen LogP contribution in [0.15, 0.2) is 121 Å². The first kappa shape index (κ1) is 32.5. The summed E-state index contributed by atoms with van der Waals surface area (Å²) in [6.45, 7) is 7.49. The van der Waals surface area contributed by atoms with Crippen molar-refractivity contribution in [3.05, 3.63) is 132 Å². The maximum atomic E-state index is 14.1. The Labute approximate surface area is 270 Å². The van der Waals surface area contributed by atoms with Crippen molar-refractivity contribution in [2.45, 2.75) is 37.8 Å². The van der Waals surface area contributed by atoms with Gasteiger partial charge in [-0.05, 0) is 65.9 Å². The van der Waals surface area contributed by atoms with Crippen molar-refractivity contribution in [2.75, 3.05) is 26.4 Å². The molecule has 0 aromatic heterocycles. The van der Waals surface area contributed by atoms with Gasteiger partial charge >= 0.3 is 0 Å². The smallest absolute Gasteiger partial charge is 0.266 e. The zero-order chi connectivity index (χ0) is 32.2. The highest BCUT2D eigenvalue weighted by molar-refractivity contribution is 6.01. The number of aliphatic imine (C=N–C) groups is 1. The Morgan fingerprint density at radius 3 is 2.35 bits per heavy atom. The van der Waals surface area contributed by atoms with Gasteiger partial charge in [0.25, 0.3) is 5.91 Å². The fourth-order valence-electron chi connectivity index (χ4n) is 5.47. The van der Waals surface area contributed by atoms with Gasteiger partial charge in [-0.3, -0.25) is 10.2 Å². The number of benzene rings is 4. The van der Waals surface area contributed by atoms with E-state index in [1.165, 1.54) is 0 Å². The second kappa shape index (κ2) is 15.9. The Balaban J connectivity index is 1.40. The van der Waals surface area contributed by atoms with E-state index in [1.807, 2.05) is 97.9 Å². The van der Waals surface area contributed by atoms with Crippen molar-refractivity contribution < 1.29 is 24.1 Å². The third kappa shape index (κ3) is 7.65. The standard InChI is InChI=1S/C38H41N3O5/c1-3-24-38(37(43)41-39-25-23-30-13-8-9-14-34(30)44-4-2)35(31-17-15-29(16-18-31)28-11-6-5-7-12-28)46-36(40-38)32-19-21-33(22-20-32)45-27-10-26-42/h3,5-9,11-22,35,39,42H,1,4,10,23-27H2,2H3,(H,41,43)/t35-,38-/m0/s1. The summed E-state index contributed by atoms with van der Waals surface area (Å²) < 4.78 is 18.0. The minimum Gasteiger partial charge on any atom is -0.494 e.